The fourth-order valence-electron chi connectivity index (χ4n) is 1.50. The van der Waals surface area contributed by atoms with Gasteiger partial charge in [-0.05, 0) is 31.2 Å². The van der Waals surface area contributed by atoms with Crippen LogP contribution in [0.2, 0.25) is 0 Å². The number of nitrogens with one attached hydrogen (secondary N) is 1. The summed E-state index contributed by atoms with van der Waals surface area (Å²) in [4.78, 5) is 13.6. The Hall–Kier alpha value is -0.870. The van der Waals surface area contributed by atoms with E-state index in [9.17, 15) is 4.79 Å². The minimum atomic E-state index is 0.197. The molecular weight excluding hydrogens is 280 g/mol. The smallest absolute Gasteiger partial charge is 0.222 e. The Bertz CT molecular complexity index is 351. The molecule has 1 amide bonds. The number of benzene rings is 1. The van der Waals surface area contributed by atoms with Gasteiger partial charge >= 0.3 is 0 Å². The zero-order valence-corrected chi connectivity index (χ0v) is 12.0. The van der Waals surface area contributed by atoms with Crippen molar-refractivity contribution in [3.05, 3.63) is 34.3 Å². The van der Waals surface area contributed by atoms with Gasteiger partial charge in [0, 0.05) is 31.0 Å². The summed E-state index contributed by atoms with van der Waals surface area (Å²) < 4.78 is 1.07. The molecule has 0 spiro atoms. The number of carbonyl (C=O) groups is 1. The normalized spacial score (nSPS) is 10.3. The largest absolute Gasteiger partial charge is 0.344 e. The second-order valence-electron chi connectivity index (χ2n) is 4.05. The van der Waals surface area contributed by atoms with Crippen molar-refractivity contribution in [1.82, 2.24) is 10.2 Å². The van der Waals surface area contributed by atoms with E-state index in [1.807, 2.05) is 38.4 Å². The minimum absolute atomic E-state index is 0.197. The molecule has 0 saturated heterocycles. The van der Waals surface area contributed by atoms with Gasteiger partial charge in [0.25, 0.3) is 0 Å². The average Bonchev–Trinajstić information content (AvgIpc) is 2.34. The molecule has 1 aromatic carbocycles. The summed E-state index contributed by atoms with van der Waals surface area (Å²) >= 11 is 3.40. The predicted octanol–water partition coefficient (Wildman–Crippen LogP) is 2.06. The lowest BCUT2D eigenvalue weighted by Crippen LogP contribution is -2.32. The van der Waals surface area contributed by atoms with Crippen molar-refractivity contribution >= 4 is 21.8 Å². The predicted molar refractivity (Wildman–Crippen MR) is 74.0 cm³/mol. The quantitative estimate of drug-likeness (QED) is 0.872. The fourth-order valence-corrected chi connectivity index (χ4v) is 1.76. The topological polar surface area (TPSA) is 32.3 Å². The molecule has 0 heterocycles. The Kier molecular flexibility index (Phi) is 6.22. The highest BCUT2D eigenvalue weighted by Crippen LogP contribution is 2.12. The Morgan fingerprint density at radius 1 is 1.35 bits per heavy atom. The van der Waals surface area contributed by atoms with Gasteiger partial charge in [-0.15, -0.1) is 0 Å². The van der Waals surface area contributed by atoms with Gasteiger partial charge in [-0.1, -0.05) is 28.1 Å². The summed E-state index contributed by atoms with van der Waals surface area (Å²) in [5.74, 6) is 0.197. The molecule has 0 aromatic heterocycles. The maximum atomic E-state index is 11.8. The molecule has 0 aliphatic rings. The molecular formula is C13H19BrN2O. The number of hydrogen-bond acceptors (Lipinski definition) is 2. The summed E-state index contributed by atoms with van der Waals surface area (Å²) in [5, 5.41) is 3.03. The number of carbonyl (C=O) groups excluding carboxylic acids is 1. The van der Waals surface area contributed by atoms with E-state index in [2.05, 4.69) is 21.2 Å². The van der Waals surface area contributed by atoms with E-state index in [1.165, 1.54) is 5.56 Å². The molecule has 0 radical (unpaired) electrons. The summed E-state index contributed by atoms with van der Waals surface area (Å²) in [6.45, 7) is 1.59. The highest BCUT2D eigenvalue weighted by Gasteiger charge is 2.07. The molecule has 0 bridgehead atoms. The highest BCUT2D eigenvalue weighted by molar-refractivity contribution is 9.10. The Morgan fingerprint density at radius 3 is 2.59 bits per heavy atom. The SMILES string of the molecule is CNCCN(C)C(=O)CCc1ccc(Br)cc1. The van der Waals surface area contributed by atoms with E-state index in [1.54, 1.807) is 4.90 Å². The number of aryl methyl sites for hydroxylation is 1. The molecule has 0 atom stereocenters. The van der Waals surface area contributed by atoms with Crippen LogP contribution in [-0.4, -0.2) is 38.0 Å². The van der Waals surface area contributed by atoms with Crippen molar-refractivity contribution in [3.8, 4) is 0 Å². The van der Waals surface area contributed by atoms with Crippen molar-refractivity contribution in [1.29, 1.82) is 0 Å². The molecule has 1 aromatic rings. The Morgan fingerprint density at radius 2 is 2.00 bits per heavy atom. The monoisotopic (exact) mass is 298 g/mol. The van der Waals surface area contributed by atoms with Crippen LogP contribution in [-0.2, 0) is 11.2 Å². The maximum absolute atomic E-state index is 11.8. The number of amides is 1. The maximum Gasteiger partial charge on any atom is 0.222 e. The molecule has 0 aliphatic heterocycles. The number of hydrogen-bond donors (Lipinski definition) is 1. The van der Waals surface area contributed by atoms with Crippen LogP contribution in [0.3, 0.4) is 0 Å². The van der Waals surface area contributed by atoms with Gasteiger partial charge in [0.1, 0.15) is 0 Å². The van der Waals surface area contributed by atoms with E-state index in [-0.39, 0.29) is 5.91 Å². The number of halogens is 1. The molecule has 0 aliphatic carbocycles. The van der Waals surface area contributed by atoms with Crippen LogP contribution in [0.25, 0.3) is 0 Å². The first-order valence-electron chi connectivity index (χ1n) is 5.76. The summed E-state index contributed by atoms with van der Waals surface area (Å²) in [5.41, 5.74) is 1.20. The van der Waals surface area contributed by atoms with E-state index in [4.69, 9.17) is 0 Å². The van der Waals surface area contributed by atoms with Gasteiger partial charge in [-0.3, -0.25) is 4.79 Å². The molecule has 4 heteroatoms. The van der Waals surface area contributed by atoms with E-state index >= 15 is 0 Å². The van der Waals surface area contributed by atoms with E-state index < -0.39 is 0 Å². The van der Waals surface area contributed by atoms with Gasteiger partial charge in [-0.2, -0.15) is 0 Å². The van der Waals surface area contributed by atoms with Crippen molar-refractivity contribution in [2.24, 2.45) is 0 Å². The van der Waals surface area contributed by atoms with Crippen LogP contribution in [0.5, 0.6) is 0 Å². The summed E-state index contributed by atoms with van der Waals surface area (Å²) in [6.07, 6.45) is 1.37. The zero-order valence-electron chi connectivity index (χ0n) is 10.4. The number of likely N-dealkylation sites (N-methyl/N-ethyl adjacent to an activating group) is 2. The van der Waals surface area contributed by atoms with Crippen molar-refractivity contribution in [2.45, 2.75) is 12.8 Å². The average molecular weight is 299 g/mol. The second-order valence-corrected chi connectivity index (χ2v) is 4.96. The fraction of sp³-hybridized carbons (Fsp3) is 0.462. The van der Waals surface area contributed by atoms with Gasteiger partial charge in [0.05, 0.1) is 0 Å². The zero-order chi connectivity index (χ0) is 12.7. The minimum Gasteiger partial charge on any atom is -0.344 e. The van der Waals surface area contributed by atoms with Gasteiger partial charge < -0.3 is 10.2 Å². The lowest BCUT2D eigenvalue weighted by Gasteiger charge is -2.16. The van der Waals surface area contributed by atoms with Crippen LogP contribution in [0.1, 0.15) is 12.0 Å². The van der Waals surface area contributed by atoms with Gasteiger partial charge in [-0.25, -0.2) is 0 Å². The molecule has 0 saturated carbocycles. The molecule has 94 valence electrons. The van der Waals surface area contributed by atoms with Crippen LogP contribution < -0.4 is 5.32 Å². The third-order valence-electron chi connectivity index (χ3n) is 2.66. The summed E-state index contributed by atoms with van der Waals surface area (Å²) in [7, 11) is 3.74. The molecule has 1 N–H and O–H groups in total. The van der Waals surface area contributed by atoms with E-state index in [0.29, 0.717) is 6.42 Å². The third-order valence-corrected chi connectivity index (χ3v) is 3.19. The number of rotatable bonds is 6. The standard InChI is InChI=1S/C13H19BrN2O/c1-15-9-10-16(2)13(17)8-5-11-3-6-12(14)7-4-11/h3-4,6-7,15H,5,8-10H2,1-2H3. The van der Waals surface area contributed by atoms with E-state index in [0.717, 1.165) is 24.0 Å². The van der Waals surface area contributed by atoms with Gasteiger partial charge in [0.2, 0.25) is 5.91 Å². The lowest BCUT2D eigenvalue weighted by atomic mass is 10.1. The molecule has 3 nitrogen and oxygen atoms in total. The molecule has 1 rings (SSSR count). The highest BCUT2D eigenvalue weighted by atomic mass is 79.9. The van der Waals surface area contributed by atoms with Crippen LogP contribution in [0, 0.1) is 0 Å². The molecule has 0 fully saturated rings. The second kappa shape index (κ2) is 7.45. The van der Waals surface area contributed by atoms with Crippen LogP contribution in [0.15, 0.2) is 28.7 Å². The third kappa shape index (κ3) is 5.33. The van der Waals surface area contributed by atoms with Crippen LogP contribution in [0.4, 0.5) is 0 Å². The number of nitrogens with zero attached hydrogens (tertiary/aromatic N) is 1. The van der Waals surface area contributed by atoms with Crippen molar-refractivity contribution in [2.75, 3.05) is 27.2 Å². The first kappa shape index (κ1) is 14.2. The first-order valence-corrected chi connectivity index (χ1v) is 6.56. The Balaban J connectivity index is 2.34. The van der Waals surface area contributed by atoms with Crippen molar-refractivity contribution < 1.29 is 4.79 Å². The Labute approximate surface area is 111 Å². The molecule has 17 heavy (non-hydrogen) atoms. The first-order chi connectivity index (χ1) is 8.13. The van der Waals surface area contributed by atoms with Crippen molar-refractivity contribution in [3.63, 3.8) is 0 Å². The molecule has 0 unspecified atom stereocenters. The van der Waals surface area contributed by atoms with Crippen LogP contribution >= 0.6 is 15.9 Å². The lowest BCUT2D eigenvalue weighted by molar-refractivity contribution is -0.129. The van der Waals surface area contributed by atoms with Gasteiger partial charge in [0.15, 0.2) is 0 Å². The summed E-state index contributed by atoms with van der Waals surface area (Å²) in [6, 6.07) is 8.10.